The molecule has 1 aromatic rings. The first-order valence-electron chi connectivity index (χ1n) is 2.27. The highest BCUT2D eigenvalue weighted by Gasteiger charge is 1.86. The van der Waals surface area contributed by atoms with E-state index in [1.807, 2.05) is 11.8 Å². The molecule has 0 aliphatic carbocycles. The fraction of sp³-hybridized carbons (Fsp3) is 0. The summed E-state index contributed by atoms with van der Waals surface area (Å²) >= 11 is 1.59. The lowest BCUT2D eigenvalue weighted by atomic mass is 10.3. The molecule has 1 heterocycles. The van der Waals surface area contributed by atoms with E-state index in [0.717, 1.165) is 5.69 Å². The summed E-state index contributed by atoms with van der Waals surface area (Å²) in [5, 5.41) is 1.97. The van der Waals surface area contributed by atoms with Crippen LogP contribution in [0.15, 0.2) is 23.5 Å². The van der Waals surface area contributed by atoms with Crippen molar-refractivity contribution in [3.8, 4) is 0 Å². The van der Waals surface area contributed by atoms with Crippen LogP contribution in [0.1, 0.15) is 5.69 Å². The van der Waals surface area contributed by atoms with Crippen LogP contribution in [-0.2, 0) is 0 Å². The minimum Gasteiger partial charge on any atom is -0.249 e. The monoisotopic (exact) mass is 124 g/mol. The highest BCUT2D eigenvalue weighted by atomic mass is 32.1. The van der Waals surface area contributed by atoms with Gasteiger partial charge in [0.1, 0.15) is 0 Å². The van der Waals surface area contributed by atoms with E-state index >= 15 is 0 Å². The van der Waals surface area contributed by atoms with Gasteiger partial charge in [-0.3, -0.25) is 0 Å². The van der Waals surface area contributed by atoms with Gasteiger partial charge in [-0.25, -0.2) is 4.98 Å². The van der Waals surface area contributed by atoms with E-state index in [4.69, 9.17) is 0 Å². The van der Waals surface area contributed by atoms with Crippen LogP contribution in [0, 0.1) is 6.42 Å². The van der Waals surface area contributed by atoms with Crippen LogP contribution in [0.2, 0.25) is 0 Å². The highest BCUT2D eigenvalue weighted by molar-refractivity contribution is 7.07. The molecule has 0 fully saturated rings. The molecule has 0 saturated carbocycles. The Bertz CT molecular complexity index is 155. The van der Waals surface area contributed by atoms with Gasteiger partial charge in [0.2, 0.25) is 0 Å². The van der Waals surface area contributed by atoms with E-state index in [0.29, 0.717) is 0 Å². The molecule has 0 N–H and O–H groups in total. The fourth-order valence-electron chi connectivity index (χ4n) is 0.425. The number of thiazole rings is 1. The number of hydrogen-bond acceptors (Lipinski definition) is 2. The van der Waals surface area contributed by atoms with Crippen LogP contribution >= 0.6 is 11.3 Å². The third-order valence-electron chi connectivity index (χ3n) is 0.740. The normalized spacial score (nSPS) is 9.00. The minimum atomic E-state index is 0.991. The Kier molecular flexibility index (Phi) is 1.80. The third-order valence-corrected chi connectivity index (χ3v) is 1.34. The Labute approximate surface area is 52.7 Å². The SMILES string of the molecule is C=C[CH]c1cscn1. The Hall–Kier alpha value is -0.630. The quantitative estimate of drug-likeness (QED) is 0.586. The van der Waals surface area contributed by atoms with Crippen LogP contribution in [0.4, 0.5) is 0 Å². The fourth-order valence-corrected chi connectivity index (χ4v) is 0.947. The lowest BCUT2D eigenvalue weighted by Gasteiger charge is -1.79. The zero-order valence-electron chi connectivity index (χ0n) is 4.37. The van der Waals surface area contributed by atoms with Crippen molar-refractivity contribution in [2.45, 2.75) is 0 Å². The van der Waals surface area contributed by atoms with Crippen molar-refractivity contribution in [3.05, 3.63) is 35.7 Å². The first kappa shape index (κ1) is 5.51. The van der Waals surface area contributed by atoms with Gasteiger partial charge in [-0.05, 0) is 0 Å². The van der Waals surface area contributed by atoms with E-state index in [9.17, 15) is 0 Å². The third kappa shape index (κ3) is 1.17. The summed E-state index contributed by atoms with van der Waals surface area (Å²) in [4.78, 5) is 4.00. The number of rotatable bonds is 2. The molecule has 1 radical (unpaired) electrons. The van der Waals surface area contributed by atoms with Crippen LogP contribution < -0.4 is 0 Å². The van der Waals surface area contributed by atoms with Crippen LogP contribution in [-0.4, -0.2) is 4.98 Å². The van der Waals surface area contributed by atoms with Crippen LogP contribution in [0.5, 0.6) is 0 Å². The molecule has 41 valence electrons. The summed E-state index contributed by atoms with van der Waals surface area (Å²) in [6, 6.07) is 0. The zero-order chi connectivity index (χ0) is 5.82. The number of nitrogens with zero attached hydrogens (tertiary/aromatic N) is 1. The Morgan fingerprint density at radius 1 is 1.75 bits per heavy atom. The molecular weight excluding hydrogens is 118 g/mol. The van der Waals surface area contributed by atoms with E-state index < -0.39 is 0 Å². The second-order valence-corrected chi connectivity index (χ2v) is 2.03. The lowest BCUT2D eigenvalue weighted by molar-refractivity contribution is 1.31. The molecule has 0 aromatic carbocycles. The second kappa shape index (κ2) is 2.62. The molecule has 0 unspecified atom stereocenters. The van der Waals surface area contributed by atoms with Crippen molar-refractivity contribution in [2.75, 3.05) is 0 Å². The minimum absolute atomic E-state index is 0.991. The van der Waals surface area contributed by atoms with Gasteiger partial charge in [-0.1, -0.05) is 6.08 Å². The molecule has 0 atom stereocenters. The van der Waals surface area contributed by atoms with Crippen LogP contribution in [0.3, 0.4) is 0 Å². The molecule has 8 heavy (non-hydrogen) atoms. The van der Waals surface area contributed by atoms with Crippen molar-refractivity contribution in [1.82, 2.24) is 4.98 Å². The van der Waals surface area contributed by atoms with Crippen LogP contribution in [0.25, 0.3) is 0 Å². The van der Waals surface area contributed by atoms with Gasteiger partial charge in [-0.2, -0.15) is 0 Å². The van der Waals surface area contributed by atoms with Crippen molar-refractivity contribution in [2.24, 2.45) is 0 Å². The molecule has 0 amide bonds. The molecule has 0 spiro atoms. The molecule has 1 rings (SSSR count). The largest absolute Gasteiger partial charge is 0.249 e. The van der Waals surface area contributed by atoms with Gasteiger partial charge in [0, 0.05) is 11.8 Å². The van der Waals surface area contributed by atoms with E-state index in [1.54, 1.807) is 22.9 Å². The summed E-state index contributed by atoms with van der Waals surface area (Å²) in [5.41, 5.74) is 2.79. The highest BCUT2D eigenvalue weighted by Crippen LogP contribution is 2.02. The maximum absolute atomic E-state index is 4.00. The second-order valence-electron chi connectivity index (χ2n) is 1.32. The number of hydrogen-bond donors (Lipinski definition) is 0. The van der Waals surface area contributed by atoms with Crippen molar-refractivity contribution in [3.63, 3.8) is 0 Å². The smallest absolute Gasteiger partial charge is 0.0794 e. The summed E-state index contributed by atoms with van der Waals surface area (Å²) in [5.74, 6) is 0. The van der Waals surface area contributed by atoms with E-state index in [2.05, 4.69) is 11.6 Å². The number of aromatic nitrogens is 1. The standard InChI is InChI=1S/C6H6NS/c1-2-3-6-4-8-5-7-6/h2-5H,1H2. The topological polar surface area (TPSA) is 12.9 Å². The maximum Gasteiger partial charge on any atom is 0.0794 e. The predicted molar refractivity (Wildman–Crippen MR) is 35.7 cm³/mol. The molecule has 0 bridgehead atoms. The van der Waals surface area contributed by atoms with Gasteiger partial charge in [-0.15, -0.1) is 17.9 Å². The average molecular weight is 124 g/mol. The van der Waals surface area contributed by atoms with Crippen molar-refractivity contribution in [1.29, 1.82) is 0 Å². The van der Waals surface area contributed by atoms with Crippen molar-refractivity contribution < 1.29 is 0 Å². The van der Waals surface area contributed by atoms with Gasteiger partial charge >= 0.3 is 0 Å². The molecule has 0 aliphatic heterocycles. The molecule has 1 nitrogen and oxygen atoms in total. The zero-order valence-corrected chi connectivity index (χ0v) is 5.19. The summed E-state index contributed by atoms with van der Waals surface area (Å²) in [7, 11) is 0. The Morgan fingerprint density at radius 2 is 2.62 bits per heavy atom. The van der Waals surface area contributed by atoms with Crippen molar-refractivity contribution >= 4 is 11.3 Å². The molecule has 0 saturated heterocycles. The van der Waals surface area contributed by atoms with Gasteiger partial charge < -0.3 is 0 Å². The summed E-state index contributed by atoms with van der Waals surface area (Å²) < 4.78 is 0. The molecule has 1 aromatic heterocycles. The summed E-state index contributed by atoms with van der Waals surface area (Å²) in [6.45, 7) is 3.54. The van der Waals surface area contributed by atoms with E-state index in [1.165, 1.54) is 0 Å². The Morgan fingerprint density at radius 3 is 3.12 bits per heavy atom. The predicted octanol–water partition coefficient (Wildman–Crippen LogP) is 1.88. The lowest BCUT2D eigenvalue weighted by Crippen LogP contribution is -1.72. The first-order valence-corrected chi connectivity index (χ1v) is 3.21. The molecular formula is C6H6NS. The molecule has 0 aliphatic rings. The van der Waals surface area contributed by atoms with E-state index in [-0.39, 0.29) is 0 Å². The van der Waals surface area contributed by atoms with Gasteiger partial charge in [0.05, 0.1) is 11.2 Å². The number of allylic oxidation sites excluding steroid dienone is 1. The summed E-state index contributed by atoms with van der Waals surface area (Å²) in [6.07, 6.45) is 3.60. The van der Waals surface area contributed by atoms with Gasteiger partial charge in [0.15, 0.2) is 0 Å². The average Bonchev–Trinajstić information content (AvgIpc) is 2.19. The first-order chi connectivity index (χ1) is 3.93. The van der Waals surface area contributed by atoms with Gasteiger partial charge in [0.25, 0.3) is 0 Å². The maximum atomic E-state index is 4.00. The Balaban J connectivity index is 2.62. The molecule has 2 heteroatoms.